The molecule has 2 aromatic rings. The van der Waals surface area contributed by atoms with Crippen molar-refractivity contribution < 1.29 is 0 Å². The Labute approximate surface area is 113 Å². The molecule has 1 aromatic heterocycles. The average molecular weight is 255 g/mol. The molecule has 3 nitrogen and oxygen atoms in total. The molecule has 0 spiro atoms. The molecular weight excluding hydrogens is 234 g/mol. The molecule has 2 saturated carbocycles. The van der Waals surface area contributed by atoms with Crippen LogP contribution in [0.1, 0.15) is 43.0 Å². The van der Waals surface area contributed by atoms with Crippen LogP contribution in [0.25, 0.3) is 11.0 Å². The molecule has 0 saturated heterocycles. The van der Waals surface area contributed by atoms with E-state index in [9.17, 15) is 0 Å². The van der Waals surface area contributed by atoms with Crippen LogP contribution in [0.5, 0.6) is 0 Å². The topological polar surface area (TPSA) is 43.8 Å². The summed E-state index contributed by atoms with van der Waals surface area (Å²) in [5.41, 5.74) is 9.25. The van der Waals surface area contributed by atoms with Gasteiger partial charge < -0.3 is 10.3 Å². The quantitative estimate of drug-likeness (QED) is 0.896. The van der Waals surface area contributed by atoms with Gasteiger partial charge in [-0.1, -0.05) is 18.9 Å². The molecule has 2 aliphatic rings. The van der Waals surface area contributed by atoms with Crippen molar-refractivity contribution in [1.82, 2.24) is 9.55 Å². The van der Waals surface area contributed by atoms with Crippen LogP contribution in [0.15, 0.2) is 18.2 Å². The Morgan fingerprint density at radius 2 is 2.00 bits per heavy atom. The molecule has 19 heavy (non-hydrogen) atoms. The summed E-state index contributed by atoms with van der Waals surface area (Å²) < 4.78 is 2.30. The molecule has 0 amide bonds. The van der Waals surface area contributed by atoms with Gasteiger partial charge in [0.05, 0.1) is 11.0 Å². The maximum absolute atomic E-state index is 5.72. The lowest BCUT2D eigenvalue weighted by atomic mass is 10.0. The summed E-state index contributed by atoms with van der Waals surface area (Å²) in [7, 11) is 2.16. The molecule has 1 heterocycles. The van der Waals surface area contributed by atoms with Crippen molar-refractivity contribution in [3.05, 3.63) is 29.6 Å². The Morgan fingerprint density at radius 3 is 2.68 bits per heavy atom. The zero-order chi connectivity index (χ0) is 13.0. The highest BCUT2D eigenvalue weighted by Gasteiger charge is 2.53. The summed E-state index contributed by atoms with van der Waals surface area (Å²) in [5, 5.41) is 0. The highest BCUT2D eigenvalue weighted by molar-refractivity contribution is 5.77. The summed E-state index contributed by atoms with van der Waals surface area (Å²) >= 11 is 0. The van der Waals surface area contributed by atoms with Crippen molar-refractivity contribution in [3.63, 3.8) is 0 Å². The standard InChI is InChI=1S/C16H21N3/c1-19-14-7-6-10(9-17)8-13(14)18-16(19)15-11-4-2-3-5-12(11)15/h6-8,11-12,15H,2-5,9,17H2,1H3. The number of fused-ring (bicyclic) bond motifs is 2. The minimum atomic E-state index is 0.594. The molecule has 0 bridgehead atoms. The maximum Gasteiger partial charge on any atom is 0.113 e. The van der Waals surface area contributed by atoms with E-state index in [0.717, 1.165) is 23.3 Å². The van der Waals surface area contributed by atoms with Crippen molar-refractivity contribution in [2.24, 2.45) is 24.6 Å². The first-order valence-corrected chi connectivity index (χ1v) is 7.45. The van der Waals surface area contributed by atoms with E-state index in [1.807, 2.05) is 0 Å². The zero-order valence-corrected chi connectivity index (χ0v) is 11.5. The predicted octanol–water partition coefficient (Wildman–Crippen LogP) is 2.94. The Kier molecular flexibility index (Phi) is 2.46. The summed E-state index contributed by atoms with van der Waals surface area (Å²) in [4.78, 5) is 4.91. The third-order valence-electron chi connectivity index (χ3n) is 5.17. The monoisotopic (exact) mass is 255 g/mol. The summed E-state index contributed by atoms with van der Waals surface area (Å²) in [5.74, 6) is 3.86. The van der Waals surface area contributed by atoms with Crippen LogP contribution >= 0.6 is 0 Å². The lowest BCUT2D eigenvalue weighted by molar-refractivity contribution is 0.480. The van der Waals surface area contributed by atoms with E-state index in [0.29, 0.717) is 6.54 Å². The van der Waals surface area contributed by atoms with Crippen molar-refractivity contribution in [2.45, 2.75) is 38.1 Å². The second kappa shape index (κ2) is 4.07. The Bertz CT molecular complexity index is 616. The first-order chi connectivity index (χ1) is 9.29. The van der Waals surface area contributed by atoms with Crippen LogP contribution in [0.3, 0.4) is 0 Å². The van der Waals surface area contributed by atoms with Crippen LogP contribution < -0.4 is 5.73 Å². The molecule has 2 fully saturated rings. The van der Waals surface area contributed by atoms with E-state index in [4.69, 9.17) is 10.7 Å². The number of benzene rings is 1. The fourth-order valence-electron chi connectivity index (χ4n) is 4.06. The fourth-order valence-corrected chi connectivity index (χ4v) is 4.06. The highest BCUT2D eigenvalue weighted by atomic mass is 15.1. The van der Waals surface area contributed by atoms with Crippen LogP contribution in [0, 0.1) is 11.8 Å². The average Bonchev–Trinajstić information content (AvgIpc) is 3.09. The molecule has 2 atom stereocenters. The van der Waals surface area contributed by atoms with Gasteiger partial charge >= 0.3 is 0 Å². The van der Waals surface area contributed by atoms with Gasteiger partial charge in [0.1, 0.15) is 5.82 Å². The highest BCUT2D eigenvalue weighted by Crippen LogP contribution is 2.60. The Morgan fingerprint density at radius 1 is 1.26 bits per heavy atom. The molecule has 2 aliphatic carbocycles. The van der Waals surface area contributed by atoms with Crippen LogP contribution in [-0.4, -0.2) is 9.55 Å². The molecule has 2 unspecified atom stereocenters. The first-order valence-electron chi connectivity index (χ1n) is 7.45. The number of aryl methyl sites for hydroxylation is 1. The van der Waals surface area contributed by atoms with Gasteiger partial charge in [-0.05, 0) is 42.4 Å². The van der Waals surface area contributed by atoms with E-state index >= 15 is 0 Å². The van der Waals surface area contributed by atoms with Crippen LogP contribution in [-0.2, 0) is 13.6 Å². The normalized spacial score (nSPS) is 29.5. The number of rotatable bonds is 2. The molecular formula is C16H21N3. The number of nitrogens with two attached hydrogens (primary N) is 1. The smallest absolute Gasteiger partial charge is 0.113 e. The summed E-state index contributed by atoms with van der Waals surface area (Å²) in [6, 6.07) is 6.43. The summed E-state index contributed by atoms with van der Waals surface area (Å²) in [6.07, 6.45) is 5.65. The van der Waals surface area contributed by atoms with Crippen LogP contribution in [0.4, 0.5) is 0 Å². The van der Waals surface area contributed by atoms with Gasteiger partial charge in [-0.15, -0.1) is 0 Å². The lowest BCUT2D eigenvalue weighted by Gasteiger charge is -2.04. The molecule has 100 valence electrons. The lowest BCUT2D eigenvalue weighted by Crippen LogP contribution is -1.97. The SMILES string of the molecule is Cn1c(C2C3CCCCC32)nc2cc(CN)ccc21. The van der Waals surface area contributed by atoms with Gasteiger partial charge in [-0.25, -0.2) is 4.98 Å². The van der Waals surface area contributed by atoms with Gasteiger partial charge in [-0.3, -0.25) is 0 Å². The first kappa shape index (κ1) is 11.5. The zero-order valence-electron chi connectivity index (χ0n) is 11.5. The number of hydrogen-bond donors (Lipinski definition) is 1. The number of imidazole rings is 1. The number of aromatic nitrogens is 2. The van der Waals surface area contributed by atoms with E-state index in [2.05, 4.69) is 29.8 Å². The van der Waals surface area contributed by atoms with Gasteiger partial charge in [0.2, 0.25) is 0 Å². The van der Waals surface area contributed by atoms with Gasteiger partial charge in [-0.2, -0.15) is 0 Å². The van der Waals surface area contributed by atoms with Crippen molar-refractivity contribution in [2.75, 3.05) is 0 Å². The summed E-state index contributed by atoms with van der Waals surface area (Å²) in [6.45, 7) is 0.594. The van der Waals surface area contributed by atoms with E-state index in [1.165, 1.54) is 42.6 Å². The Hall–Kier alpha value is -1.35. The molecule has 3 heteroatoms. The molecule has 0 aliphatic heterocycles. The minimum absolute atomic E-state index is 0.594. The van der Waals surface area contributed by atoms with E-state index in [-0.39, 0.29) is 0 Å². The third kappa shape index (κ3) is 1.64. The van der Waals surface area contributed by atoms with Crippen LogP contribution in [0.2, 0.25) is 0 Å². The molecule has 1 aromatic carbocycles. The minimum Gasteiger partial charge on any atom is -0.331 e. The third-order valence-corrected chi connectivity index (χ3v) is 5.17. The van der Waals surface area contributed by atoms with Crippen molar-refractivity contribution in [1.29, 1.82) is 0 Å². The largest absolute Gasteiger partial charge is 0.331 e. The molecule has 4 rings (SSSR count). The second-order valence-electron chi connectivity index (χ2n) is 6.19. The van der Waals surface area contributed by atoms with E-state index < -0.39 is 0 Å². The van der Waals surface area contributed by atoms with Gasteiger partial charge in [0, 0.05) is 19.5 Å². The predicted molar refractivity (Wildman–Crippen MR) is 76.8 cm³/mol. The molecule has 0 radical (unpaired) electrons. The fraction of sp³-hybridized carbons (Fsp3) is 0.562. The Balaban J connectivity index is 1.76. The van der Waals surface area contributed by atoms with Crippen molar-refractivity contribution in [3.8, 4) is 0 Å². The van der Waals surface area contributed by atoms with Crippen molar-refractivity contribution >= 4 is 11.0 Å². The number of nitrogens with zero attached hydrogens (tertiary/aromatic N) is 2. The van der Waals surface area contributed by atoms with Gasteiger partial charge in [0.25, 0.3) is 0 Å². The second-order valence-corrected chi connectivity index (χ2v) is 6.19. The molecule has 2 N–H and O–H groups in total. The number of hydrogen-bond acceptors (Lipinski definition) is 2. The maximum atomic E-state index is 5.72. The van der Waals surface area contributed by atoms with Gasteiger partial charge in [0.15, 0.2) is 0 Å². The van der Waals surface area contributed by atoms with E-state index in [1.54, 1.807) is 0 Å².